The number of hydrogen-bond acceptors (Lipinski definition) is 3. The normalized spacial score (nSPS) is 12.0. The summed E-state index contributed by atoms with van der Waals surface area (Å²) in [6.45, 7) is 5.25. The van der Waals surface area contributed by atoms with Gasteiger partial charge in [-0.25, -0.2) is 0 Å². The molecule has 0 atom stereocenters. The molecule has 0 aliphatic heterocycles. The molecule has 0 amide bonds. The smallest absolute Gasteiger partial charge is 0.139 e. The fourth-order valence-corrected chi connectivity index (χ4v) is 1.88. The molecular formula is C14H23N3O. The van der Waals surface area contributed by atoms with E-state index in [4.69, 9.17) is 10.9 Å². The standard InChI is InChI=1S/C14H23N3O/c1-2-17(11-7-6-10-14(15)16-18)12-13-8-4-3-5-9-13/h3-5,8-9,18H,2,6-7,10-12H2,1H3,(H2,15,16). The molecule has 0 unspecified atom stereocenters. The Kier molecular flexibility index (Phi) is 6.87. The lowest BCUT2D eigenvalue weighted by Crippen LogP contribution is -2.24. The quantitative estimate of drug-likeness (QED) is 0.244. The third-order valence-electron chi connectivity index (χ3n) is 2.98. The van der Waals surface area contributed by atoms with Gasteiger partial charge < -0.3 is 10.9 Å². The third-order valence-corrected chi connectivity index (χ3v) is 2.98. The van der Waals surface area contributed by atoms with Crippen LogP contribution in [-0.4, -0.2) is 29.0 Å². The lowest BCUT2D eigenvalue weighted by atomic mass is 10.2. The molecule has 0 aliphatic rings. The van der Waals surface area contributed by atoms with Gasteiger partial charge in [0, 0.05) is 13.0 Å². The molecule has 1 aromatic carbocycles. The van der Waals surface area contributed by atoms with Crippen LogP contribution < -0.4 is 5.73 Å². The highest BCUT2D eigenvalue weighted by Gasteiger charge is 2.03. The second-order valence-electron chi connectivity index (χ2n) is 4.40. The molecule has 0 saturated heterocycles. The van der Waals surface area contributed by atoms with Crippen molar-refractivity contribution in [2.45, 2.75) is 32.7 Å². The van der Waals surface area contributed by atoms with Crippen LogP contribution in [0.25, 0.3) is 0 Å². The summed E-state index contributed by atoms with van der Waals surface area (Å²) >= 11 is 0. The highest BCUT2D eigenvalue weighted by molar-refractivity contribution is 5.79. The molecule has 18 heavy (non-hydrogen) atoms. The lowest BCUT2D eigenvalue weighted by molar-refractivity contribution is 0.274. The molecule has 1 aromatic rings. The van der Waals surface area contributed by atoms with E-state index in [-0.39, 0.29) is 0 Å². The van der Waals surface area contributed by atoms with Gasteiger partial charge in [0.1, 0.15) is 5.84 Å². The molecule has 100 valence electrons. The number of unbranched alkanes of at least 4 members (excludes halogenated alkanes) is 1. The van der Waals surface area contributed by atoms with Crippen molar-refractivity contribution in [1.29, 1.82) is 0 Å². The Balaban J connectivity index is 2.26. The Labute approximate surface area is 109 Å². The summed E-state index contributed by atoms with van der Waals surface area (Å²) in [5.41, 5.74) is 6.78. The van der Waals surface area contributed by atoms with Gasteiger partial charge in [-0.15, -0.1) is 0 Å². The van der Waals surface area contributed by atoms with Crippen LogP contribution in [0.3, 0.4) is 0 Å². The molecule has 3 N–H and O–H groups in total. The Morgan fingerprint density at radius 1 is 1.28 bits per heavy atom. The van der Waals surface area contributed by atoms with E-state index in [0.717, 1.165) is 32.5 Å². The Morgan fingerprint density at radius 3 is 2.61 bits per heavy atom. The SMILES string of the molecule is CCN(CCCCC(N)=NO)Cc1ccccc1. The molecule has 0 heterocycles. The number of oxime groups is 1. The predicted octanol–water partition coefficient (Wildman–Crippen LogP) is 2.43. The Morgan fingerprint density at radius 2 is 2.00 bits per heavy atom. The summed E-state index contributed by atoms with van der Waals surface area (Å²) in [5.74, 6) is 0.320. The van der Waals surface area contributed by atoms with Crippen LogP contribution in [0, 0.1) is 0 Å². The average molecular weight is 249 g/mol. The predicted molar refractivity (Wildman–Crippen MR) is 74.7 cm³/mol. The van der Waals surface area contributed by atoms with Crippen LogP contribution >= 0.6 is 0 Å². The van der Waals surface area contributed by atoms with Crippen molar-refractivity contribution in [1.82, 2.24) is 4.90 Å². The molecular weight excluding hydrogens is 226 g/mol. The van der Waals surface area contributed by atoms with Gasteiger partial charge in [0.15, 0.2) is 0 Å². The zero-order valence-corrected chi connectivity index (χ0v) is 11.0. The van der Waals surface area contributed by atoms with Crippen molar-refractivity contribution in [3.8, 4) is 0 Å². The van der Waals surface area contributed by atoms with Gasteiger partial charge in [0.05, 0.1) is 0 Å². The van der Waals surface area contributed by atoms with Crippen molar-refractivity contribution in [3.05, 3.63) is 35.9 Å². The van der Waals surface area contributed by atoms with E-state index < -0.39 is 0 Å². The van der Waals surface area contributed by atoms with Crippen molar-refractivity contribution in [2.24, 2.45) is 10.9 Å². The number of nitrogens with zero attached hydrogens (tertiary/aromatic N) is 2. The van der Waals surface area contributed by atoms with E-state index in [9.17, 15) is 0 Å². The second-order valence-corrected chi connectivity index (χ2v) is 4.40. The summed E-state index contributed by atoms with van der Waals surface area (Å²) in [6.07, 6.45) is 2.69. The van der Waals surface area contributed by atoms with Crippen molar-refractivity contribution < 1.29 is 5.21 Å². The first kappa shape index (κ1) is 14.5. The van der Waals surface area contributed by atoms with Gasteiger partial charge in [-0.3, -0.25) is 4.90 Å². The van der Waals surface area contributed by atoms with Gasteiger partial charge in [-0.2, -0.15) is 0 Å². The number of rotatable bonds is 8. The van der Waals surface area contributed by atoms with E-state index in [1.165, 1.54) is 5.56 Å². The van der Waals surface area contributed by atoms with Crippen LogP contribution in [0.15, 0.2) is 35.5 Å². The van der Waals surface area contributed by atoms with Crippen LogP contribution in [-0.2, 0) is 6.54 Å². The summed E-state index contributed by atoms with van der Waals surface area (Å²) in [4.78, 5) is 2.40. The van der Waals surface area contributed by atoms with E-state index in [1.807, 2.05) is 6.07 Å². The number of nitrogens with two attached hydrogens (primary N) is 1. The minimum absolute atomic E-state index is 0.320. The Bertz CT molecular complexity index is 351. The highest BCUT2D eigenvalue weighted by Crippen LogP contribution is 2.06. The first-order valence-corrected chi connectivity index (χ1v) is 6.49. The number of hydrogen-bond donors (Lipinski definition) is 2. The highest BCUT2D eigenvalue weighted by atomic mass is 16.4. The van der Waals surface area contributed by atoms with E-state index in [2.05, 4.69) is 41.2 Å². The fraction of sp³-hybridized carbons (Fsp3) is 0.500. The van der Waals surface area contributed by atoms with Crippen LogP contribution in [0.1, 0.15) is 31.7 Å². The van der Waals surface area contributed by atoms with Crippen molar-refractivity contribution in [3.63, 3.8) is 0 Å². The topological polar surface area (TPSA) is 61.8 Å². The molecule has 0 fully saturated rings. The monoisotopic (exact) mass is 249 g/mol. The van der Waals surface area contributed by atoms with Gasteiger partial charge in [-0.05, 0) is 31.5 Å². The van der Waals surface area contributed by atoms with Crippen molar-refractivity contribution in [2.75, 3.05) is 13.1 Å². The fourth-order valence-electron chi connectivity index (χ4n) is 1.88. The molecule has 0 aromatic heterocycles. The third kappa shape index (κ3) is 5.68. The molecule has 0 spiro atoms. The zero-order valence-electron chi connectivity index (χ0n) is 11.0. The van der Waals surface area contributed by atoms with Gasteiger partial charge in [0.2, 0.25) is 0 Å². The molecule has 4 nitrogen and oxygen atoms in total. The van der Waals surface area contributed by atoms with Crippen LogP contribution in [0.2, 0.25) is 0 Å². The van der Waals surface area contributed by atoms with Gasteiger partial charge in [0.25, 0.3) is 0 Å². The zero-order chi connectivity index (χ0) is 13.2. The first-order chi connectivity index (χ1) is 8.76. The Hall–Kier alpha value is -1.55. The largest absolute Gasteiger partial charge is 0.409 e. The van der Waals surface area contributed by atoms with Gasteiger partial charge in [-0.1, -0.05) is 42.4 Å². The van der Waals surface area contributed by atoms with Crippen LogP contribution in [0.5, 0.6) is 0 Å². The van der Waals surface area contributed by atoms with E-state index in [0.29, 0.717) is 12.3 Å². The van der Waals surface area contributed by atoms with Crippen molar-refractivity contribution >= 4 is 5.84 Å². The summed E-state index contributed by atoms with van der Waals surface area (Å²) < 4.78 is 0. The van der Waals surface area contributed by atoms with E-state index >= 15 is 0 Å². The molecule has 0 radical (unpaired) electrons. The summed E-state index contributed by atoms with van der Waals surface area (Å²) in [6, 6.07) is 10.5. The molecule has 0 bridgehead atoms. The maximum atomic E-state index is 8.44. The molecule has 0 saturated carbocycles. The minimum atomic E-state index is 0.320. The van der Waals surface area contributed by atoms with Gasteiger partial charge >= 0.3 is 0 Å². The van der Waals surface area contributed by atoms with Crippen LogP contribution in [0.4, 0.5) is 0 Å². The minimum Gasteiger partial charge on any atom is -0.409 e. The maximum absolute atomic E-state index is 8.44. The van der Waals surface area contributed by atoms with E-state index in [1.54, 1.807) is 0 Å². The molecule has 0 aliphatic carbocycles. The molecule has 1 rings (SSSR count). The lowest BCUT2D eigenvalue weighted by Gasteiger charge is -2.20. The number of benzene rings is 1. The maximum Gasteiger partial charge on any atom is 0.139 e. The second kappa shape index (κ2) is 8.53. The first-order valence-electron chi connectivity index (χ1n) is 6.49. The number of amidine groups is 1. The summed E-state index contributed by atoms with van der Waals surface area (Å²) in [5, 5.41) is 11.4. The molecule has 4 heteroatoms. The average Bonchev–Trinajstić information content (AvgIpc) is 2.43. The summed E-state index contributed by atoms with van der Waals surface area (Å²) in [7, 11) is 0.